The van der Waals surface area contributed by atoms with Gasteiger partial charge in [0.05, 0.1) is 21.8 Å². The maximum absolute atomic E-state index is 13.1. The van der Waals surface area contributed by atoms with Gasteiger partial charge in [0.15, 0.2) is 0 Å². The predicted octanol–water partition coefficient (Wildman–Crippen LogP) is 3.40. The van der Waals surface area contributed by atoms with E-state index >= 15 is 0 Å². The van der Waals surface area contributed by atoms with E-state index < -0.39 is 20.9 Å². The molecule has 1 aromatic heterocycles. The minimum Gasteiger partial charge on any atom is -0.495 e. The Morgan fingerprint density at radius 2 is 1.93 bits per heavy atom. The third-order valence-electron chi connectivity index (χ3n) is 4.67. The molecule has 9 nitrogen and oxygen atoms in total. The number of aryl methyl sites for hydroxylation is 1. The van der Waals surface area contributed by atoms with E-state index in [1.54, 1.807) is 6.92 Å². The average Bonchev–Trinajstić information content (AvgIpc) is 3.11. The Labute approximate surface area is 172 Å². The zero-order valence-corrected chi connectivity index (χ0v) is 17.6. The summed E-state index contributed by atoms with van der Waals surface area (Å²) in [5, 5.41) is 13.6. The van der Waals surface area contributed by atoms with E-state index in [4.69, 9.17) is 4.74 Å². The van der Waals surface area contributed by atoms with Crippen LogP contribution in [0.25, 0.3) is 0 Å². The van der Waals surface area contributed by atoms with E-state index in [2.05, 4.69) is 5.32 Å². The number of ether oxygens (including phenoxy) is 1. The SMILES string of the molecule is COc1ccc(NC(=O)c2cc([N+](=O)[O-])c(C)s2)cc1S(=O)(=O)N1CCCCC1. The zero-order chi connectivity index (χ0) is 21.2. The summed E-state index contributed by atoms with van der Waals surface area (Å²) in [4.78, 5) is 23.5. The number of piperidine rings is 1. The molecule has 1 fully saturated rings. The lowest BCUT2D eigenvalue weighted by molar-refractivity contribution is -0.385. The van der Waals surface area contributed by atoms with Gasteiger partial charge in [-0.2, -0.15) is 4.31 Å². The normalized spacial score (nSPS) is 15.1. The van der Waals surface area contributed by atoms with Crippen LogP contribution in [-0.2, 0) is 10.0 Å². The number of anilines is 1. The molecule has 3 rings (SSSR count). The number of nitrogens with one attached hydrogen (secondary N) is 1. The van der Waals surface area contributed by atoms with Crippen molar-refractivity contribution < 1.29 is 22.9 Å². The predicted molar refractivity (Wildman–Crippen MR) is 109 cm³/mol. The fourth-order valence-corrected chi connectivity index (χ4v) is 5.74. The highest BCUT2D eigenvalue weighted by Gasteiger charge is 2.29. The number of nitrogens with zero attached hydrogens (tertiary/aromatic N) is 2. The topological polar surface area (TPSA) is 119 Å². The Balaban J connectivity index is 1.89. The molecule has 1 aromatic carbocycles. The third-order valence-corrected chi connectivity index (χ3v) is 7.62. The lowest BCUT2D eigenvalue weighted by Gasteiger charge is -2.26. The van der Waals surface area contributed by atoms with Crippen molar-refractivity contribution >= 4 is 38.6 Å². The maximum atomic E-state index is 13.1. The van der Waals surface area contributed by atoms with Crippen molar-refractivity contribution in [3.8, 4) is 5.75 Å². The number of thiophene rings is 1. The van der Waals surface area contributed by atoms with E-state index in [1.165, 1.54) is 35.7 Å². The highest BCUT2D eigenvalue weighted by molar-refractivity contribution is 7.89. The van der Waals surface area contributed by atoms with Crippen LogP contribution in [0.2, 0.25) is 0 Å². The van der Waals surface area contributed by atoms with Crippen LogP contribution < -0.4 is 10.1 Å². The van der Waals surface area contributed by atoms with Crippen molar-refractivity contribution in [2.24, 2.45) is 0 Å². The number of carbonyl (C=O) groups excluding carboxylic acids is 1. The molecule has 1 aliphatic rings. The molecule has 2 aromatic rings. The van der Waals surface area contributed by atoms with Crippen LogP contribution in [0.1, 0.15) is 33.8 Å². The second-order valence-electron chi connectivity index (χ2n) is 6.59. The molecule has 1 saturated heterocycles. The minimum absolute atomic E-state index is 0.0203. The maximum Gasteiger partial charge on any atom is 0.283 e. The number of hydrogen-bond donors (Lipinski definition) is 1. The summed E-state index contributed by atoms with van der Waals surface area (Å²) in [6, 6.07) is 5.58. The van der Waals surface area contributed by atoms with Crippen LogP contribution in [0.4, 0.5) is 11.4 Å². The molecule has 1 N–H and O–H groups in total. The fourth-order valence-electron chi connectivity index (χ4n) is 3.16. The Morgan fingerprint density at radius 3 is 2.52 bits per heavy atom. The molecule has 29 heavy (non-hydrogen) atoms. The molecule has 11 heteroatoms. The number of nitro groups is 1. The number of amides is 1. The summed E-state index contributed by atoms with van der Waals surface area (Å²) >= 11 is 1.01. The van der Waals surface area contributed by atoms with Crippen LogP contribution in [-0.4, -0.2) is 43.8 Å². The summed E-state index contributed by atoms with van der Waals surface area (Å²) in [7, 11) is -2.39. The Hall–Kier alpha value is -2.50. The average molecular weight is 440 g/mol. The zero-order valence-electron chi connectivity index (χ0n) is 16.0. The number of benzene rings is 1. The first-order chi connectivity index (χ1) is 13.7. The Bertz CT molecular complexity index is 1040. The number of carbonyl (C=O) groups is 1. The van der Waals surface area contributed by atoms with Gasteiger partial charge in [-0.15, -0.1) is 11.3 Å². The van der Waals surface area contributed by atoms with Gasteiger partial charge >= 0.3 is 0 Å². The van der Waals surface area contributed by atoms with Crippen LogP contribution in [0, 0.1) is 17.0 Å². The van der Waals surface area contributed by atoms with Gasteiger partial charge in [-0.05, 0) is 38.0 Å². The van der Waals surface area contributed by atoms with Crippen molar-refractivity contribution in [2.75, 3.05) is 25.5 Å². The molecule has 1 aliphatic heterocycles. The molecule has 1 amide bonds. The Morgan fingerprint density at radius 1 is 1.24 bits per heavy atom. The van der Waals surface area contributed by atoms with Gasteiger partial charge in [-0.3, -0.25) is 14.9 Å². The van der Waals surface area contributed by atoms with Crippen molar-refractivity contribution in [1.82, 2.24) is 4.31 Å². The highest BCUT2D eigenvalue weighted by atomic mass is 32.2. The van der Waals surface area contributed by atoms with Gasteiger partial charge < -0.3 is 10.1 Å². The van der Waals surface area contributed by atoms with Crippen LogP contribution in [0.3, 0.4) is 0 Å². The molecular formula is C18H21N3O6S2. The minimum atomic E-state index is -3.77. The largest absolute Gasteiger partial charge is 0.495 e. The van der Waals surface area contributed by atoms with E-state index in [0.29, 0.717) is 18.0 Å². The van der Waals surface area contributed by atoms with Crippen molar-refractivity contribution in [3.63, 3.8) is 0 Å². The van der Waals surface area contributed by atoms with Gasteiger partial charge in [0, 0.05) is 24.8 Å². The van der Waals surface area contributed by atoms with Crippen molar-refractivity contribution in [3.05, 3.63) is 44.1 Å². The molecule has 0 atom stereocenters. The second kappa shape index (κ2) is 8.47. The quantitative estimate of drug-likeness (QED) is 0.544. The van der Waals surface area contributed by atoms with Gasteiger partial charge in [-0.25, -0.2) is 8.42 Å². The van der Waals surface area contributed by atoms with E-state index in [1.807, 2.05) is 0 Å². The van der Waals surface area contributed by atoms with E-state index in [-0.39, 0.29) is 26.9 Å². The van der Waals surface area contributed by atoms with Gasteiger partial charge in [-0.1, -0.05) is 6.42 Å². The number of methoxy groups -OCH3 is 1. The molecule has 156 valence electrons. The van der Waals surface area contributed by atoms with Gasteiger partial charge in [0.25, 0.3) is 11.6 Å². The lowest BCUT2D eigenvalue weighted by Crippen LogP contribution is -2.35. The van der Waals surface area contributed by atoms with Gasteiger partial charge in [0.1, 0.15) is 10.6 Å². The third kappa shape index (κ3) is 4.41. The summed E-state index contributed by atoms with van der Waals surface area (Å²) in [6.07, 6.45) is 2.59. The monoisotopic (exact) mass is 439 g/mol. The first-order valence-electron chi connectivity index (χ1n) is 8.98. The molecule has 0 saturated carbocycles. The molecule has 0 unspecified atom stereocenters. The van der Waals surface area contributed by atoms with Crippen LogP contribution in [0.5, 0.6) is 5.75 Å². The van der Waals surface area contributed by atoms with Crippen molar-refractivity contribution in [2.45, 2.75) is 31.1 Å². The number of rotatable bonds is 6. The van der Waals surface area contributed by atoms with E-state index in [9.17, 15) is 23.3 Å². The molecule has 2 heterocycles. The molecule has 0 bridgehead atoms. The summed E-state index contributed by atoms with van der Waals surface area (Å²) in [6.45, 7) is 2.46. The highest BCUT2D eigenvalue weighted by Crippen LogP contribution is 2.32. The smallest absolute Gasteiger partial charge is 0.283 e. The summed E-state index contributed by atoms with van der Waals surface area (Å²) < 4.78 is 32.8. The lowest BCUT2D eigenvalue weighted by atomic mass is 10.2. The molecule has 0 spiro atoms. The standard InChI is InChI=1S/C18H21N3O6S2/c1-12-14(21(23)24)11-16(28-12)18(22)19-13-6-7-15(27-2)17(10-13)29(25,26)20-8-4-3-5-9-20/h6-7,10-11H,3-5,8-9H2,1-2H3,(H,19,22). The first kappa shape index (κ1) is 21.2. The summed E-state index contributed by atoms with van der Waals surface area (Å²) in [5.74, 6) is -0.353. The molecule has 0 aliphatic carbocycles. The van der Waals surface area contributed by atoms with E-state index in [0.717, 1.165) is 30.6 Å². The van der Waals surface area contributed by atoms with Crippen LogP contribution in [0.15, 0.2) is 29.2 Å². The first-order valence-corrected chi connectivity index (χ1v) is 11.2. The number of sulfonamides is 1. The number of hydrogen-bond acceptors (Lipinski definition) is 7. The Kier molecular flexibility index (Phi) is 6.20. The fraction of sp³-hybridized carbons (Fsp3) is 0.389. The van der Waals surface area contributed by atoms with Gasteiger partial charge in [0.2, 0.25) is 10.0 Å². The van der Waals surface area contributed by atoms with Crippen molar-refractivity contribution in [1.29, 1.82) is 0 Å². The molecule has 0 radical (unpaired) electrons. The summed E-state index contributed by atoms with van der Waals surface area (Å²) in [5.41, 5.74) is 0.142. The second-order valence-corrected chi connectivity index (χ2v) is 9.76. The van der Waals surface area contributed by atoms with Crippen LogP contribution >= 0.6 is 11.3 Å². The molecular weight excluding hydrogens is 418 g/mol.